The number of para-hydroxylation sites is 1. The molecule has 0 saturated heterocycles. The summed E-state index contributed by atoms with van der Waals surface area (Å²) in [7, 11) is 0. The highest BCUT2D eigenvalue weighted by atomic mass is 32.1. The van der Waals surface area contributed by atoms with E-state index in [-0.39, 0.29) is 17.4 Å². The minimum Gasteiger partial charge on any atom is -0.434 e. The van der Waals surface area contributed by atoms with Crippen LogP contribution in [0.25, 0.3) is 10.2 Å². The van der Waals surface area contributed by atoms with Crippen LogP contribution in [-0.4, -0.2) is 19.9 Å². The first kappa shape index (κ1) is 18.8. The highest BCUT2D eigenvalue weighted by Gasteiger charge is 2.26. The molecule has 0 radical (unpaired) electrons. The molecule has 146 valence electrons. The molecule has 0 fully saturated rings. The van der Waals surface area contributed by atoms with E-state index in [0.29, 0.717) is 10.9 Å². The molecule has 0 amide bonds. The van der Waals surface area contributed by atoms with Gasteiger partial charge in [-0.2, -0.15) is 4.98 Å². The van der Waals surface area contributed by atoms with Gasteiger partial charge in [0.05, 0.1) is 15.1 Å². The lowest BCUT2D eigenvalue weighted by atomic mass is 10.2. The zero-order valence-corrected chi connectivity index (χ0v) is 16.6. The van der Waals surface area contributed by atoms with Gasteiger partial charge in [0, 0.05) is 0 Å². The van der Waals surface area contributed by atoms with E-state index in [2.05, 4.69) is 20.3 Å². The second-order valence-electron chi connectivity index (χ2n) is 6.30. The fourth-order valence-corrected chi connectivity index (χ4v) is 3.78. The third kappa shape index (κ3) is 3.85. The number of hydrogen-bond donors (Lipinski definition) is 1. The van der Waals surface area contributed by atoms with Crippen molar-refractivity contribution in [2.45, 2.75) is 20.3 Å². The number of rotatable bonds is 6. The fourth-order valence-electron chi connectivity index (χ4n) is 2.84. The van der Waals surface area contributed by atoms with Gasteiger partial charge in [-0.05, 0) is 42.7 Å². The van der Waals surface area contributed by atoms with E-state index in [9.17, 15) is 10.1 Å². The lowest BCUT2D eigenvalue weighted by Crippen LogP contribution is -2.03. The van der Waals surface area contributed by atoms with Gasteiger partial charge in [0.1, 0.15) is 12.1 Å². The summed E-state index contributed by atoms with van der Waals surface area (Å²) >= 11 is 1.39. The van der Waals surface area contributed by atoms with Crippen molar-refractivity contribution in [3.8, 4) is 11.6 Å². The summed E-state index contributed by atoms with van der Waals surface area (Å²) in [6.45, 7) is 4.02. The van der Waals surface area contributed by atoms with Crippen LogP contribution in [0.5, 0.6) is 11.6 Å². The quantitative estimate of drug-likeness (QED) is 0.337. The van der Waals surface area contributed by atoms with E-state index in [1.807, 2.05) is 44.2 Å². The Morgan fingerprint density at radius 3 is 2.66 bits per heavy atom. The average molecular weight is 407 g/mol. The zero-order chi connectivity index (χ0) is 20.4. The third-order valence-electron chi connectivity index (χ3n) is 4.36. The summed E-state index contributed by atoms with van der Waals surface area (Å²) in [5.41, 5.74) is 2.68. The van der Waals surface area contributed by atoms with E-state index in [1.165, 1.54) is 17.7 Å². The fraction of sp³-hybridized carbons (Fsp3) is 0.150. The van der Waals surface area contributed by atoms with Gasteiger partial charge in [-0.3, -0.25) is 10.1 Å². The van der Waals surface area contributed by atoms with Gasteiger partial charge in [-0.15, -0.1) is 0 Å². The topological polar surface area (TPSA) is 103 Å². The van der Waals surface area contributed by atoms with Crippen molar-refractivity contribution in [1.82, 2.24) is 15.0 Å². The number of hydrogen-bond acceptors (Lipinski definition) is 8. The predicted octanol–water partition coefficient (Wildman–Crippen LogP) is 5.40. The third-order valence-corrected chi connectivity index (χ3v) is 5.30. The van der Waals surface area contributed by atoms with E-state index in [0.717, 1.165) is 27.8 Å². The van der Waals surface area contributed by atoms with Gasteiger partial charge in [0.2, 0.25) is 5.82 Å². The Labute approximate surface area is 170 Å². The molecule has 4 rings (SSSR count). The van der Waals surface area contributed by atoms with Gasteiger partial charge in [0.25, 0.3) is 0 Å². The van der Waals surface area contributed by atoms with Crippen LogP contribution in [0.3, 0.4) is 0 Å². The number of fused-ring (bicyclic) bond motifs is 1. The van der Waals surface area contributed by atoms with Crippen molar-refractivity contribution in [2.75, 3.05) is 5.32 Å². The molecule has 0 aliphatic carbocycles. The normalized spacial score (nSPS) is 10.8. The monoisotopic (exact) mass is 407 g/mol. The molecule has 2 aromatic carbocycles. The predicted molar refractivity (Wildman–Crippen MR) is 112 cm³/mol. The minimum atomic E-state index is -0.559. The molecule has 0 unspecified atom stereocenters. The van der Waals surface area contributed by atoms with E-state index in [1.54, 1.807) is 12.1 Å². The molecule has 9 heteroatoms. The lowest BCUT2D eigenvalue weighted by Gasteiger charge is -2.08. The standard InChI is InChI=1S/C20H17N5O3S/c1-3-13-7-9-14(10-8-13)28-19-17(25(26)27)18(21-11-22-19)24-20-23-16-12(2)5-4-6-15(16)29-20/h4-11H,3H2,1-2H3,(H,21,22,23,24). The Bertz CT molecular complexity index is 1190. The van der Waals surface area contributed by atoms with Crippen LogP contribution in [0.4, 0.5) is 16.6 Å². The maximum absolute atomic E-state index is 11.7. The Hall–Kier alpha value is -3.59. The molecule has 8 nitrogen and oxygen atoms in total. The summed E-state index contributed by atoms with van der Waals surface area (Å²) < 4.78 is 6.66. The summed E-state index contributed by atoms with van der Waals surface area (Å²) in [4.78, 5) is 23.7. The molecule has 2 heterocycles. The molecule has 4 aromatic rings. The SMILES string of the molecule is CCc1ccc(Oc2ncnc(Nc3nc4c(C)cccc4s3)c2[N+](=O)[O-])cc1. The zero-order valence-electron chi connectivity index (χ0n) is 15.7. The molecule has 0 aliphatic rings. The summed E-state index contributed by atoms with van der Waals surface area (Å²) in [5.74, 6) is 0.362. The number of anilines is 2. The smallest absolute Gasteiger partial charge is 0.373 e. The lowest BCUT2D eigenvalue weighted by molar-refractivity contribution is -0.385. The number of nitro groups is 1. The molecule has 0 bridgehead atoms. The maximum Gasteiger partial charge on any atom is 0.373 e. The molecule has 0 saturated carbocycles. The molecule has 2 aromatic heterocycles. The van der Waals surface area contributed by atoms with E-state index >= 15 is 0 Å². The molecular weight excluding hydrogens is 390 g/mol. The summed E-state index contributed by atoms with van der Waals surface area (Å²) in [6.07, 6.45) is 2.12. The first-order chi connectivity index (χ1) is 14.0. The van der Waals surface area contributed by atoms with Gasteiger partial charge < -0.3 is 10.1 Å². The number of benzene rings is 2. The van der Waals surface area contributed by atoms with Crippen molar-refractivity contribution in [1.29, 1.82) is 0 Å². The summed E-state index contributed by atoms with van der Waals surface area (Å²) in [5, 5.41) is 15.2. The molecule has 1 N–H and O–H groups in total. The van der Waals surface area contributed by atoms with Crippen molar-refractivity contribution in [3.05, 3.63) is 70.0 Å². The Balaban J connectivity index is 1.68. The second-order valence-corrected chi connectivity index (χ2v) is 7.33. The van der Waals surface area contributed by atoms with Crippen molar-refractivity contribution in [3.63, 3.8) is 0 Å². The van der Waals surface area contributed by atoms with Crippen molar-refractivity contribution < 1.29 is 9.66 Å². The Kier molecular flexibility index (Phi) is 5.05. The summed E-state index contributed by atoms with van der Waals surface area (Å²) in [6, 6.07) is 13.2. The number of thiazole rings is 1. The molecular formula is C20H17N5O3S. The van der Waals surface area contributed by atoms with E-state index in [4.69, 9.17) is 4.74 Å². The van der Waals surface area contributed by atoms with Crippen LogP contribution < -0.4 is 10.1 Å². The van der Waals surface area contributed by atoms with Gasteiger partial charge in [0.15, 0.2) is 5.13 Å². The number of aryl methyl sites for hydroxylation is 2. The molecule has 0 atom stereocenters. The number of aromatic nitrogens is 3. The van der Waals surface area contributed by atoms with Gasteiger partial charge in [-0.25, -0.2) is 9.97 Å². The molecule has 29 heavy (non-hydrogen) atoms. The Morgan fingerprint density at radius 1 is 1.17 bits per heavy atom. The minimum absolute atomic E-state index is 0.0295. The van der Waals surface area contributed by atoms with Crippen LogP contribution in [0.15, 0.2) is 48.8 Å². The largest absolute Gasteiger partial charge is 0.434 e. The maximum atomic E-state index is 11.7. The van der Waals surface area contributed by atoms with Gasteiger partial charge in [-0.1, -0.05) is 42.5 Å². The molecule has 0 aliphatic heterocycles. The van der Waals surface area contributed by atoms with E-state index < -0.39 is 4.92 Å². The highest BCUT2D eigenvalue weighted by molar-refractivity contribution is 7.22. The van der Waals surface area contributed by atoms with Crippen LogP contribution in [-0.2, 0) is 6.42 Å². The van der Waals surface area contributed by atoms with Crippen LogP contribution in [0.2, 0.25) is 0 Å². The van der Waals surface area contributed by atoms with Crippen LogP contribution in [0.1, 0.15) is 18.1 Å². The Morgan fingerprint density at radius 2 is 1.97 bits per heavy atom. The number of nitrogens with zero attached hydrogens (tertiary/aromatic N) is 4. The first-order valence-electron chi connectivity index (χ1n) is 8.94. The second kappa shape index (κ2) is 7.80. The average Bonchev–Trinajstić information content (AvgIpc) is 3.12. The first-order valence-corrected chi connectivity index (χ1v) is 9.76. The van der Waals surface area contributed by atoms with Crippen molar-refractivity contribution >= 4 is 38.2 Å². The van der Waals surface area contributed by atoms with Crippen LogP contribution >= 0.6 is 11.3 Å². The van der Waals surface area contributed by atoms with Crippen LogP contribution in [0, 0.1) is 17.0 Å². The number of nitrogens with one attached hydrogen (secondary N) is 1. The molecule has 0 spiro atoms. The highest BCUT2D eigenvalue weighted by Crippen LogP contribution is 2.37. The van der Waals surface area contributed by atoms with Crippen molar-refractivity contribution in [2.24, 2.45) is 0 Å². The number of ether oxygens (including phenoxy) is 1. The van der Waals surface area contributed by atoms with Gasteiger partial charge >= 0.3 is 11.6 Å².